The van der Waals surface area contributed by atoms with E-state index in [1.165, 1.54) is 49.7 Å². The Bertz CT molecular complexity index is 2950. The molecule has 4 nitrogen and oxygen atoms in total. The molecular formula is C52H34N4. The first-order valence-electron chi connectivity index (χ1n) is 19.0. The zero-order valence-electron chi connectivity index (χ0n) is 30.4. The van der Waals surface area contributed by atoms with Crippen LogP contribution >= 0.6 is 0 Å². The highest BCUT2D eigenvalue weighted by atomic mass is 15.0. The summed E-state index contributed by atoms with van der Waals surface area (Å²) in [6, 6.07) is 73.6. The molecule has 1 aliphatic rings. The maximum absolute atomic E-state index is 5.00. The van der Waals surface area contributed by atoms with Gasteiger partial charge in [-0.25, -0.2) is 15.0 Å². The Morgan fingerprint density at radius 3 is 1.39 bits per heavy atom. The molecule has 0 saturated carbocycles. The van der Waals surface area contributed by atoms with Crippen molar-refractivity contribution in [2.45, 2.75) is 5.41 Å². The van der Waals surface area contributed by atoms with Crippen molar-refractivity contribution in [2.75, 3.05) is 0 Å². The summed E-state index contributed by atoms with van der Waals surface area (Å²) in [5.74, 6) is 1.94. The maximum atomic E-state index is 5.00. The van der Waals surface area contributed by atoms with E-state index in [9.17, 15) is 0 Å². The number of hydrogen-bond donors (Lipinski definition) is 0. The molecule has 4 heteroatoms. The molecule has 11 rings (SSSR count). The summed E-state index contributed by atoms with van der Waals surface area (Å²) >= 11 is 0. The number of benzene rings is 8. The van der Waals surface area contributed by atoms with Crippen LogP contribution in [0.1, 0.15) is 22.3 Å². The number of para-hydroxylation sites is 2. The Morgan fingerprint density at radius 1 is 0.339 bits per heavy atom. The average molecular weight is 715 g/mol. The van der Waals surface area contributed by atoms with Gasteiger partial charge in [0.25, 0.3) is 0 Å². The van der Waals surface area contributed by atoms with E-state index in [-0.39, 0.29) is 0 Å². The molecule has 8 aromatic carbocycles. The molecule has 1 aliphatic heterocycles. The van der Waals surface area contributed by atoms with Gasteiger partial charge in [0.05, 0.1) is 22.1 Å². The van der Waals surface area contributed by atoms with Crippen LogP contribution in [0.4, 0.5) is 0 Å². The predicted octanol–water partition coefficient (Wildman–Crippen LogP) is 12.3. The van der Waals surface area contributed by atoms with Crippen molar-refractivity contribution < 1.29 is 0 Å². The third-order valence-electron chi connectivity index (χ3n) is 11.3. The minimum Gasteiger partial charge on any atom is -0.309 e. The largest absolute Gasteiger partial charge is 0.309 e. The van der Waals surface area contributed by atoms with Gasteiger partial charge in [-0.3, -0.25) is 0 Å². The fourth-order valence-electron chi connectivity index (χ4n) is 8.85. The van der Waals surface area contributed by atoms with Crippen LogP contribution in [0.5, 0.6) is 0 Å². The van der Waals surface area contributed by atoms with Gasteiger partial charge >= 0.3 is 0 Å². The normalized spacial score (nSPS) is 12.8. The molecule has 0 N–H and O–H groups in total. The Morgan fingerprint density at radius 2 is 0.804 bits per heavy atom. The molecule has 3 heterocycles. The third kappa shape index (κ3) is 4.89. The number of rotatable bonds is 6. The minimum absolute atomic E-state index is 0.565. The summed E-state index contributed by atoms with van der Waals surface area (Å²) in [5, 5.41) is 2.47. The molecule has 2 aromatic heterocycles. The molecule has 0 amide bonds. The van der Waals surface area contributed by atoms with E-state index in [1.807, 2.05) is 60.7 Å². The molecule has 10 aromatic rings. The average Bonchev–Trinajstić information content (AvgIpc) is 3.62. The molecule has 0 aliphatic carbocycles. The van der Waals surface area contributed by atoms with Gasteiger partial charge in [0.2, 0.25) is 0 Å². The van der Waals surface area contributed by atoms with Gasteiger partial charge in [-0.1, -0.05) is 182 Å². The van der Waals surface area contributed by atoms with E-state index in [0.717, 1.165) is 27.8 Å². The van der Waals surface area contributed by atoms with Crippen LogP contribution in [-0.2, 0) is 5.41 Å². The first-order chi connectivity index (χ1) is 27.8. The Balaban J connectivity index is 1.15. The fourth-order valence-corrected chi connectivity index (χ4v) is 8.85. The van der Waals surface area contributed by atoms with Gasteiger partial charge in [0.1, 0.15) is 0 Å². The Hall–Kier alpha value is -7.43. The van der Waals surface area contributed by atoms with Crippen molar-refractivity contribution >= 4 is 21.8 Å². The number of fused-ring (bicyclic) bond motifs is 5. The van der Waals surface area contributed by atoms with Gasteiger partial charge in [0, 0.05) is 27.5 Å². The first-order valence-corrected chi connectivity index (χ1v) is 19.0. The number of hydrogen-bond acceptors (Lipinski definition) is 3. The van der Waals surface area contributed by atoms with Gasteiger partial charge < -0.3 is 4.57 Å². The molecule has 0 saturated heterocycles. The summed E-state index contributed by atoms with van der Waals surface area (Å²) in [7, 11) is 0. The maximum Gasteiger partial charge on any atom is 0.164 e. The lowest BCUT2D eigenvalue weighted by Gasteiger charge is -2.42. The smallest absolute Gasteiger partial charge is 0.164 e. The van der Waals surface area contributed by atoms with Crippen LogP contribution in [0.25, 0.3) is 72.8 Å². The van der Waals surface area contributed by atoms with Crippen LogP contribution in [0.3, 0.4) is 0 Å². The van der Waals surface area contributed by atoms with Gasteiger partial charge in [-0.05, 0) is 57.6 Å². The van der Waals surface area contributed by atoms with Crippen LogP contribution in [-0.4, -0.2) is 19.5 Å². The van der Waals surface area contributed by atoms with Crippen LogP contribution in [0, 0.1) is 0 Å². The van der Waals surface area contributed by atoms with E-state index in [4.69, 9.17) is 15.0 Å². The van der Waals surface area contributed by atoms with E-state index in [2.05, 4.69) is 150 Å². The standard InChI is InChI=1S/C52H34N4/c1-5-17-36(18-6-1)49-53-50(37-19-7-2-8-20-37)55-51(54-49)38-31-29-35(30-32-38)39-33-43-42-25-13-15-27-46(42)56-47-28-16-14-26-44(47)52(45(34-39)48(43)56,40-21-9-3-10-22-40)41-23-11-4-12-24-41/h1-34H. The van der Waals surface area contributed by atoms with Crippen molar-refractivity contribution in [1.82, 2.24) is 19.5 Å². The van der Waals surface area contributed by atoms with Crippen molar-refractivity contribution in [3.63, 3.8) is 0 Å². The van der Waals surface area contributed by atoms with E-state index in [0.29, 0.717) is 17.5 Å². The zero-order valence-corrected chi connectivity index (χ0v) is 30.4. The van der Waals surface area contributed by atoms with E-state index < -0.39 is 5.41 Å². The fraction of sp³-hybridized carbons (Fsp3) is 0.0192. The first kappa shape index (κ1) is 32.0. The Labute approximate surface area is 325 Å². The lowest BCUT2D eigenvalue weighted by Crippen LogP contribution is -2.35. The van der Waals surface area contributed by atoms with Crippen LogP contribution in [0.2, 0.25) is 0 Å². The summed E-state index contributed by atoms with van der Waals surface area (Å²) in [6.45, 7) is 0. The molecule has 262 valence electrons. The quantitative estimate of drug-likeness (QED) is 0.172. The molecular weight excluding hydrogens is 681 g/mol. The second-order valence-corrected chi connectivity index (χ2v) is 14.4. The molecule has 0 bridgehead atoms. The lowest BCUT2D eigenvalue weighted by atomic mass is 9.63. The van der Waals surface area contributed by atoms with Crippen molar-refractivity contribution in [3.05, 3.63) is 229 Å². The Kier molecular flexibility index (Phi) is 7.36. The summed E-state index contributed by atoms with van der Waals surface area (Å²) in [4.78, 5) is 14.9. The van der Waals surface area contributed by atoms with Crippen molar-refractivity contribution in [1.29, 1.82) is 0 Å². The monoisotopic (exact) mass is 714 g/mol. The molecule has 56 heavy (non-hydrogen) atoms. The molecule has 0 spiro atoms. The van der Waals surface area contributed by atoms with Gasteiger partial charge in [-0.15, -0.1) is 0 Å². The van der Waals surface area contributed by atoms with Gasteiger partial charge in [0.15, 0.2) is 17.5 Å². The van der Waals surface area contributed by atoms with Crippen molar-refractivity contribution in [3.8, 4) is 51.0 Å². The molecule has 0 radical (unpaired) electrons. The summed E-state index contributed by atoms with van der Waals surface area (Å²) in [5.41, 5.74) is 13.2. The number of nitrogens with zero attached hydrogens (tertiary/aromatic N) is 4. The summed E-state index contributed by atoms with van der Waals surface area (Å²) in [6.07, 6.45) is 0. The minimum atomic E-state index is -0.565. The summed E-state index contributed by atoms with van der Waals surface area (Å²) < 4.78 is 2.49. The van der Waals surface area contributed by atoms with Crippen LogP contribution in [0.15, 0.2) is 206 Å². The topological polar surface area (TPSA) is 43.6 Å². The predicted molar refractivity (Wildman–Crippen MR) is 228 cm³/mol. The third-order valence-corrected chi connectivity index (χ3v) is 11.3. The zero-order chi connectivity index (χ0) is 37.1. The number of aromatic nitrogens is 4. The molecule has 0 fully saturated rings. The van der Waals surface area contributed by atoms with Gasteiger partial charge in [-0.2, -0.15) is 0 Å². The highest BCUT2D eigenvalue weighted by Crippen LogP contribution is 2.55. The van der Waals surface area contributed by atoms with Crippen LogP contribution < -0.4 is 0 Å². The molecule has 0 unspecified atom stereocenters. The lowest BCUT2D eigenvalue weighted by molar-refractivity contribution is 0.728. The molecule has 0 atom stereocenters. The van der Waals surface area contributed by atoms with E-state index >= 15 is 0 Å². The second-order valence-electron chi connectivity index (χ2n) is 14.4. The SMILES string of the molecule is c1ccc(-c2nc(-c3ccccc3)nc(-c3ccc(-c4cc5c6c(c4)c4ccccc4n6-c4ccccc4C5(c4ccccc4)c4ccccc4)cc3)n2)cc1. The van der Waals surface area contributed by atoms with E-state index in [1.54, 1.807) is 0 Å². The highest BCUT2D eigenvalue weighted by Gasteiger charge is 2.45. The highest BCUT2D eigenvalue weighted by molar-refractivity contribution is 6.13. The second kappa shape index (κ2) is 12.9. The van der Waals surface area contributed by atoms with Crippen molar-refractivity contribution in [2.24, 2.45) is 0 Å².